The van der Waals surface area contributed by atoms with Crippen molar-refractivity contribution in [3.05, 3.63) is 12.2 Å². The molecule has 0 aromatic rings. The fourth-order valence-corrected chi connectivity index (χ4v) is 2.53. The SMILES string of the molecule is CCOC(=O)C=CC1CCC(NCC(=O)OC(C)(C)C)CC1. The van der Waals surface area contributed by atoms with Crippen molar-refractivity contribution in [2.24, 2.45) is 5.92 Å². The van der Waals surface area contributed by atoms with E-state index in [0.29, 0.717) is 18.6 Å². The number of nitrogens with one attached hydrogen (secondary N) is 1. The van der Waals surface area contributed by atoms with Gasteiger partial charge in [0.15, 0.2) is 0 Å². The van der Waals surface area contributed by atoms with Crippen LogP contribution < -0.4 is 5.32 Å². The average Bonchev–Trinajstić information content (AvgIpc) is 2.42. The van der Waals surface area contributed by atoms with E-state index in [-0.39, 0.29) is 18.5 Å². The van der Waals surface area contributed by atoms with E-state index >= 15 is 0 Å². The number of ether oxygens (including phenoxy) is 2. The van der Waals surface area contributed by atoms with Crippen LogP contribution in [-0.2, 0) is 19.1 Å². The van der Waals surface area contributed by atoms with Crippen molar-refractivity contribution in [1.82, 2.24) is 5.32 Å². The van der Waals surface area contributed by atoms with Crippen molar-refractivity contribution in [1.29, 1.82) is 0 Å². The summed E-state index contributed by atoms with van der Waals surface area (Å²) < 4.78 is 10.1. The van der Waals surface area contributed by atoms with Crippen molar-refractivity contribution in [2.45, 2.75) is 65.0 Å². The van der Waals surface area contributed by atoms with Gasteiger partial charge in [-0.05, 0) is 59.3 Å². The molecule has 1 fully saturated rings. The molecular weight excluding hydrogens is 282 g/mol. The van der Waals surface area contributed by atoms with Gasteiger partial charge in [-0.3, -0.25) is 4.79 Å². The van der Waals surface area contributed by atoms with Gasteiger partial charge < -0.3 is 14.8 Å². The molecule has 1 rings (SSSR count). The molecule has 0 heterocycles. The summed E-state index contributed by atoms with van der Waals surface area (Å²) in [5.74, 6) is -0.0616. The van der Waals surface area contributed by atoms with Gasteiger partial charge in [-0.25, -0.2) is 4.79 Å². The molecule has 0 spiro atoms. The van der Waals surface area contributed by atoms with Crippen LogP contribution in [0.4, 0.5) is 0 Å². The molecule has 1 aliphatic rings. The maximum atomic E-state index is 11.7. The third-order valence-electron chi connectivity index (χ3n) is 3.52. The Morgan fingerprint density at radius 1 is 1.18 bits per heavy atom. The van der Waals surface area contributed by atoms with Gasteiger partial charge in [-0.1, -0.05) is 6.08 Å². The van der Waals surface area contributed by atoms with Gasteiger partial charge in [0, 0.05) is 12.1 Å². The highest BCUT2D eigenvalue weighted by molar-refractivity contribution is 5.81. The Morgan fingerprint density at radius 3 is 2.36 bits per heavy atom. The van der Waals surface area contributed by atoms with Gasteiger partial charge in [-0.15, -0.1) is 0 Å². The molecule has 22 heavy (non-hydrogen) atoms. The predicted molar refractivity (Wildman–Crippen MR) is 85.4 cm³/mol. The Morgan fingerprint density at radius 2 is 1.82 bits per heavy atom. The minimum atomic E-state index is -0.436. The molecular formula is C17H29NO4. The second-order valence-corrected chi connectivity index (χ2v) is 6.69. The minimum Gasteiger partial charge on any atom is -0.463 e. The normalized spacial score (nSPS) is 22.5. The molecule has 1 aliphatic carbocycles. The molecule has 5 heteroatoms. The van der Waals surface area contributed by atoms with Gasteiger partial charge in [0.2, 0.25) is 0 Å². The molecule has 0 saturated heterocycles. The average molecular weight is 311 g/mol. The molecule has 1 N–H and O–H groups in total. The number of carbonyl (C=O) groups excluding carboxylic acids is 2. The summed E-state index contributed by atoms with van der Waals surface area (Å²) in [4.78, 5) is 22.9. The van der Waals surface area contributed by atoms with Crippen LogP contribution in [0.3, 0.4) is 0 Å². The summed E-state index contributed by atoms with van der Waals surface area (Å²) in [6.07, 6.45) is 7.51. The first-order valence-corrected chi connectivity index (χ1v) is 8.10. The second-order valence-electron chi connectivity index (χ2n) is 6.69. The number of carbonyl (C=O) groups is 2. The Bertz CT molecular complexity index is 390. The lowest BCUT2D eigenvalue weighted by Crippen LogP contribution is -2.38. The van der Waals surface area contributed by atoms with E-state index in [1.165, 1.54) is 6.08 Å². The highest BCUT2D eigenvalue weighted by Gasteiger charge is 2.21. The molecule has 0 aromatic carbocycles. The lowest BCUT2D eigenvalue weighted by Gasteiger charge is -2.28. The summed E-state index contributed by atoms with van der Waals surface area (Å²) in [6, 6.07) is 0.347. The Kier molecular flexibility index (Phi) is 7.59. The Labute approximate surface area is 133 Å². The molecule has 5 nitrogen and oxygen atoms in total. The second kappa shape index (κ2) is 8.93. The van der Waals surface area contributed by atoms with E-state index in [2.05, 4.69) is 5.32 Å². The molecule has 0 atom stereocenters. The maximum absolute atomic E-state index is 11.7. The van der Waals surface area contributed by atoms with E-state index in [4.69, 9.17) is 9.47 Å². The van der Waals surface area contributed by atoms with Crippen LogP contribution in [-0.4, -0.2) is 36.7 Å². The van der Waals surface area contributed by atoms with E-state index < -0.39 is 5.60 Å². The summed E-state index contributed by atoms with van der Waals surface area (Å²) in [6.45, 7) is 8.06. The largest absolute Gasteiger partial charge is 0.463 e. The smallest absolute Gasteiger partial charge is 0.330 e. The van der Waals surface area contributed by atoms with E-state index in [0.717, 1.165) is 25.7 Å². The highest BCUT2D eigenvalue weighted by atomic mass is 16.6. The fraction of sp³-hybridized carbons (Fsp3) is 0.765. The van der Waals surface area contributed by atoms with E-state index in [9.17, 15) is 9.59 Å². The van der Waals surface area contributed by atoms with Crippen LogP contribution in [0.1, 0.15) is 53.4 Å². The number of allylic oxidation sites excluding steroid dienone is 1. The summed E-state index contributed by atoms with van der Waals surface area (Å²) in [5.41, 5.74) is -0.436. The highest BCUT2D eigenvalue weighted by Crippen LogP contribution is 2.25. The van der Waals surface area contributed by atoms with Gasteiger partial charge in [0.1, 0.15) is 5.60 Å². The molecule has 126 valence electrons. The van der Waals surface area contributed by atoms with Gasteiger partial charge >= 0.3 is 11.9 Å². The van der Waals surface area contributed by atoms with Gasteiger partial charge in [0.25, 0.3) is 0 Å². The lowest BCUT2D eigenvalue weighted by molar-refractivity contribution is -0.153. The first kappa shape index (κ1) is 18.7. The van der Waals surface area contributed by atoms with Crippen LogP contribution >= 0.6 is 0 Å². The first-order chi connectivity index (χ1) is 10.3. The Balaban J connectivity index is 2.23. The van der Waals surface area contributed by atoms with Crippen molar-refractivity contribution >= 4 is 11.9 Å². The van der Waals surface area contributed by atoms with Crippen LogP contribution in [0.5, 0.6) is 0 Å². The standard InChI is InChI=1S/C17H29NO4/c1-5-21-15(19)11-8-13-6-9-14(10-7-13)18-12-16(20)22-17(2,3)4/h8,11,13-14,18H,5-7,9-10,12H2,1-4H3. The van der Waals surface area contributed by atoms with Crippen LogP contribution in [0.25, 0.3) is 0 Å². The monoisotopic (exact) mass is 311 g/mol. The van der Waals surface area contributed by atoms with Crippen LogP contribution in [0, 0.1) is 5.92 Å². The molecule has 0 amide bonds. The number of esters is 2. The molecule has 0 aromatic heterocycles. The molecule has 1 saturated carbocycles. The maximum Gasteiger partial charge on any atom is 0.330 e. The van der Waals surface area contributed by atoms with E-state index in [1.807, 2.05) is 26.8 Å². The van der Waals surface area contributed by atoms with Gasteiger partial charge in [0.05, 0.1) is 13.2 Å². The minimum absolute atomic E-state index is 0.211. The zero-order chi connectivity index (χ0) is 16.6. The van der Waals surface area contributed by atoms with Crippen molar-refractivity contribution < 1.29 is 19.1 Å². The predicted octanol–water partition coefficient (Wildman–Crippen LogP) is 2.60. The molecule has 0 unspecified atom stereocenters. The zero-order valence-corrected chi connectivity index (χ0v) is 14.2. The van der Waals surface area contributed by atoms with Crippen molar-refractivity contribution in [2.75, 3.05) is 13.2 Å². The van der Waals surface area contributed by atoms with E-state index in [1.54, 1.807) is 6.92 Å². The van der Waals surface area contributed by atoms with Crippen molar-refractivity contribution in [3.63, 3.8) is 0 Å². The van der Waals surface area contributed by atoms with Crippen LogP contribution in [0.15, 0.2) is 12.2 Å². The number of rotatable bonds is 6. The summed E-state index contributed by atoms with van der Waals surface area (Å²) in [7, 11) is 0. The third-order valence-corrected chi connectivity index (χ3v) is 3.52. The first-order valence-electron chi connectivity index (χ1n) is 8.10. The topological polar surface area (TPSA) is 64.6 Å². The molecule has 0 bridgehead atoms. The quantitative estimate of drug-likeness (QED) is 0.603. The Hall–Kier alpha value is -1.36. The lowest BCUT2D eigenvalue weighted by atomic mass is 9.86. The van der Waals surface area contributed by atoms with Crippen LogP contribution in [0.2, 0.25) is 0 Å². The summed E-state index contributed by atoms with van der Waals surface area (Å²) in [5, 5.41) is 3.26. The number of hydrogen-bond donors (Lipinski definition) is 1. The fourth-order valence-electron chi connectivity index (χ4n) is 2.53. The summed E-state index contributed by atoms with van der Waals surface area (Å²) >= 11 is 0. The zero-order valence-electron chi connectivity index (χ0n) is 14.2. The molecule has 0 aliphatic heterocycles. The van der Waals surface area contributed by atoms with Crippen molar-refractivity contribution in [3.8, 4) is 0 Å². The third kappa shape index (κ3) is 8.17. The molecule has 0 radical (unpaired) electrons. The van der Waals surface area contributed by atoms with Gasteiger partial charge in [-0.2, -0.15) is 0 Å². The number of hydrogen-bond acceptors (Lipinski definition) is 5.